The van der Waals surface area contributed by atoms with Crippen molar-refractivity contribution in [2.45, 2.75) is 6.04 Å². The molecule has 3 fully saturated rings. The fourth-order valence-corrected chi connectivity index (χ4v) is 5.74. The van der Waals surface area contributed by atoms with E-state index in [9.17, 15) is 0 Å². The Hall–Kier alpha value is -3.30. The molecule has 0 amide bonds. The first kappa shape index (κ1) is 19.2. The number of anilines is 2. The van der Waals surface area contributed by atoms with Crippen molar-refractivity contribution in [1.29, 1.82) is 0 Å². The number of nitrogens with two attached hydrogens (primary N) is 1. The van der Waals surface area contributed by atoms with E-state index in [0.717, 1.165) is 53.0 Å². The number of likely N-dealkylation sites (tertiary alicyclic amines) is 2. The number of hydrogen-bond donors (Lipinski definition) is 1. The van der Waals surface area contributed by atoms with Crippen LogP contribution in [0.4, 0.5) is 11.8 Å². The third-order valence-corrected chi connectivity index (χ3v) is 7.49. The molecule has 6 heterocycles. The van der Waals surface area contributed by atoms with Crippen LogP contribution >= 0.6 is 0 Å². The summed E-state index contributed by atoms with van der Waals surface area (Å²) in [4.78, 5) is 26.0. The molecule has 1 aromatic carbocycles. The molecule has 0 saturated carbocycles. The van der Waals surface area contributed by atoms with Crippen LogP contribution in [0.15, 0.2) is 40.9 Å². The van der Waals surface area contributed by atoms with Gasteiger partial charge in [0.25, 0.3) is 6.01 Å². The summed E-state index contributed by atoms with van der Waals surface area (Å²) < 4.78 is 5.37. The summed E-state index contributed by atoms with van der Waals surface area (Å²) in [6.45, 7) is 7.00. The van der Waals surface area contributed by atoms with Gasteiger partial charge < -0.3 is 20.0 Å². The SMILES string of the molecule is CN1CC2CN(C3CN(c4cnc5ccc(-c6ccc7oc(N)nc7c6)nc5n4)C3)CC2C1. The van der Waals surface area contributed by atoms with Crippen molar-refractivity contribution in [3.05, 3.63) is 36.5 Å². The van der Waals surface area contributed by atoms with Gasteiger partial charge in [0.2, 0.25) is 0 Å². The lowest BCUT2D eigenvalue weighted by atomic mass is 10.0. The van der Waals surface area contributed by atoms with Crippen LogP contribution in [0.1, 0.15) is 0 Å². The van der Waals surface area contributed by atoms with Crippen molar-refractivity contribution in [2.75, 3.05) is 56.9 Å². The second kappa shape index (κ2) is 7.10. The molecule has 9 nitrogen and oxygen atoms in total. The van der Waals surface area contributed by atoms with Gasteiger partial charge in [0.15, 0.2) is 11.2 Å². The van der Waals surface area contributed by atoms with Gasteiger partial charge in [-0.25, -0.2) is 15.0 Å². The average Bonchev–Trinajstić information content (AvgIpc) is 3.43. The molecule has 2 unspecified atom stereocenters. The monoisotopic (exact) mass is 442 g/mol. The van der Waals surface area contributed by atoms with Crippen LogP contribution in [-0.2, 0) is 0 Å². The van der Waals surface area contributed by atoms with Crippen molar-refractivity contribution in [3.8, 4) is 11.3 Å². The molecule has 0 radical (unpaired) electrons. The van der Waals surface area contributed by atoms with Crippen LogP contribution in [0, 0.1) is 11.8 Å². The smallest absolute Gasteiger partial charge is 0.292 e. The summed E-state index contributed by atoms with van der Waals surface area (Å²) in [6.07, 6.45) is 1.87. The minimum Gasteiger partial charge on any atom is -0.424 e. The first-order chi connectivity index (χ1) is 16.1. The molecule has 7 rings (SSSR count). The number of fused-ring (bicyclic) bond motifs is 3. The van der Waals surface area contributed by atoms with Crippen LogP contribution < -0.4 is 10.6 Å². The van der Waals surface area contributed by atoms with Crippen molar-refractivity contribution in [2.24, 2.45) is 11.8 Å². The highest BCUT2D eigenvalue weighted by atomic mass is 16.4. The van der Waals surface area contributed by atoms with Crippen molar-refractivity contribution < 1.29 is 4.42 Å². The zero-order valence-corrected chi connectivity index (χ0v) is 18.6. The van der Waals surface area contributed by atoms with E-state index in [4.69, 9.17) is 20.1 Å². The summed E-state index contributed by atoms with van der Waals surface area (Å²) in [5.74, 6) is 2.60. The molecular weight excluding hydrogens is 416 g/mol. The number of benzene rings is 1. The number of nitrogen functional groups attached to an aromatic ring is 1. The molecule has 3 saturated heterocycles. The van der Waals surface area contributed by atoms with E-state index in [2.05, 4.69) is 31.7 Å². The third kappa shape index (κ3) is 3.22. The second-order valence-electron chi connectivity index (χ2n) is 9.76. The Balaban J connectivity index is 1.10. The molecule has 3 aliphatic heterocycles. The Morgan fingerprint density at radius 1 is 0.909 bits per heavy atom. The summed E-state index contributed by atoms with van der Waals surface area (Å²) in [6, 6.07) is 10.5. The Bertz CT molecular complexity index is 1350. The van der Waals surface area contributed by atoms with E-state index in [1.54, 1.807) is 0 Å². The first-order valence-electron chi connectivity index (χ1n) is 11.6. The summed E-state index contributed by atoms with van der Waals surface area (Å²) in [5.41, 5.74) is 10.3. The predicted octanol–water partition coefficient (Wildman–Crippen LogP) is 2.10. The number of nitrogens with zero attached hydrogens (tertiary/aromatic N) is 7. The minimum atomic E-state index is 0.168. The van der Waals surface area contributed by atoms with Crippen molar-refractivity contribution in [1.82, 2.24) is 29.7 Å². The number of aromatic nitrogens is 4. The molecule has 3 aromatic heterocycles. The van der Waals surface area contributed by atoms with Crippen molar-refractivity contribution >= 4 is 34.1 Å². The van der Waals surface area contributed by atoms with Crippen LogP contribution in [0.3, 0.4) is 0 Å². The van der Waals surface area contributed by atoms with Gasteiger partial charge in [-0.2, -0.15) is 4.98 Å². The molecule has 0 aliphatic carbocycles. The van der Waals surface area contributed by atoms with E-state index >= 15 is 0 Å². The zero-order chi connectivity index (χ0) is 22.1. The normalized spacial score (nSPS) is 24.1. The number of hydrogen-bond acceptors (Lipinski definition) is 9. The van der Waals surface area contributed by atoms with E-state index in [-0.39, 0.29) is 6.01 Å². The van der Waals surface area contributed by atoms with Gasteiger partial charge in [-0.05, 0) is 49.2 Å². The molecular formula is C24H26N8O. The molecule has 4 aromatic rings. The van der Waals surface area contributed by atoms with Crippen LogP contribution in [0.25, 0.3) is 33.5 Å². The van der Waals surface area contributed by atoms with Crippen LogP contribution in [-0.4, -0.2) is 82.1 Å². The largest absolute Gasteiger partial charge is 0.424 e. The number of rotatable bonds is 3. The van der Waals surface area contributed by atoms with Crippen LogP contribution in [0.5, 0.6) is 0 Å². The highest BCUT2D eigenvalue weighted by Crippen LogP contribution is 2.34. The third-order valence-electron chi connectivity index (χ3n) is 7.49. The Kier molecular flexibility index (Phi) is 4.13. The molecule has 168 valence electrons. The maximum Gasteiger partial charge on any atom is 0.292 e. The van der Waals surface area contributed by atoms with Gasteiger partial charge in [0.1, 0.15) is 16.9 Å². The Labute approximate surface area is 191 Å². The zero-order valence-electron chi connectivity index (χ0n) is 18.6. The van der Waals surface area contributed by atoms with Gasteiger partial charge in [0.05, 0.1) is 11.9 Å². The molecule has 9 heteroatoms. The molecule has 2 atom stereocenters. The lowest BCUT2D eigenvalue weighted by Gasteiger charge is -2.45. The standard InChI is InChI=1S/C24H26N8O/c1-30-8-15-10-31(11-16(15)9-30)17-12-32(13-17)22-7-26-19-4-3-18(27-23(19)29-22)14-2-5-21-20(6-14)28-24(25)33-21/h2-7,15-17H,8-13H2,1H3,(H2,25,28). The summed E-state index contributed by atoms with van der Waals surface area (Å²) >= 11 is 0. The van der Waals surface area contributed by atoms with E-state index in [1.165, 1.54) is 26.2 Å². The predicted molar refractivity (Wildman–Crippen MR) is 127 cm³/mol. The fraction of sp³-hybridized carbons (Fsp3) is 0.417. The van der Waals surface area contributed by atoms with E-state index in [0.29, 0.717) is 17.3 Å². The number of oxazole rings is 1. The Morgan fingerprint density at radius 2 is 1.73 bits per heavy atom. The Morgan fingerprint density at radius 3 is 2.55 bits per heavy atom. The quantitative estimate of drug-likeness (QED) is 0.511. The molecule has 2 N–H and O–H groups in total. The maximum atomic E-state index is 5.67. The van der Waals surface area contributed by atoms with Gasteiger partial charge in [-0.15, -0.1) is 0 Å². The number of pyridine rings is 1. The average molecular weight is 443 g/mol. The van der Waals surface area contributed by atoms with E-state index in [1.807, 2.05) is 36.5 Å². The molecule has 3 aliphatic rings. The van der Waals surface area contributed by atoms with Crippen molar-refractivity contribution in [3.63, 3.8) is 0 Å². The molecule has 0 bridgehead atoms. The van der Waals surface area contributed by atoms with E-state index < -0.39 is 0 Å². The lowest BCUT2D eigenvalue weighted by Crippen LogP contribution is -2.59. The first-order valence-corrected chi connectivity index (χ1v) is 11.6. The molecule has 0 spiro atoms. The lowest BCUT2D eigenvalue weighted by molar-refractivity contribution is 0.180. The highest BCUT2D eigenvalue weighted by molar-refractivity contribution is 5.82. The highest BCUT2D eigenvalue weighted by Gasteiger charge is 2.43. The fourth-order valence-electron chi connectivity index (χ4n) is 5.74. The summed E-state index contributed by atoms with van der Waals surface area (Å²) in [5, 5.41) is 0. The maximum absolute atomic E-state index is 5.67. The minimum absolute atomic E-state index is 0.168. The van der Waals surface area contributed by atoms with Gasteiger partial charge in [-0.3, -0.25) is 4.90 Å². The topological polar surface area (TPSA) is 100 Å². The van der Waals surface area contributed by atoms with Gasteiger partial charge >= 0.3 is 0 Å². The van der Waals surface area contributed by atoms with Gasteiger partial charge in [-0.1, -0.05) is 0 Å². The second-order valence-corrected chi connectivity index (χ2v) is 9.76. The summed E-state index contributed by atoms with van der Waals surface area (Å²) in [7, 11) is 2.24. The van der Waals surface area contributed by atoms with Crippen LogP contribution in [0.2, 0.25) is 0 Å². The molecule has 33 heavy (non-hydrogen) atoms. The van der Waals surface area contributed by atoms with Gasteiger partial charge in [0, 0.05) is 50.9 Å².